The van der Waals surface area contributed by atoms with Crippen LogP contribution >= 0.6 is 11.8 Å². The molecule has 0 aliphatic heterocycles. The fourth-order valence-corrected chi connectivity index (χ4v) is 2.89. The smallest absolute Gasteiger partial charge is 0.125 e. The third kappa shape index (κ3) is 4.13. The molecule has 0 spiro atoms. The lowest BCUT2D eigenvalue weighted by molar-refractivity contribution is 0.0821. The highest BCUT2D eigenvalue weighted by Crippen LogP contribution is 2.23. The van der Waals surface area contributed by atoms with Crippen molar-refractivity contribution in [3.63, 3.8) is 0 Å². The second-order valence-electron chi connectivity index (χ2n) is 5.17. The van der Waals surface area contributed by atoms with Crippen LogP contribution in [0.4, 0.5) is 0 Å². The molecule has 2 N–H and O–H groups in total. The van der Waals surface area contributed by atoms with Gasteiger partial charge in [0.2, 0.25) is 0 Å². The fraction of sp³-hybridized carbons (Fsp3) is 0.375. The normalized spacial score (nSPS) is 15.8. The Kier molecular flexibility index (Phi) is 5.29. The quantitative estimate of drug-likeness (QED) is 0.823. The Bertz CT molecular complexity index is 496. The van der Waals surface area contributed by atoms with Crippen LogP contribution in [0.25, 0.3) is 0 Å². The summed E-state index contributed by atoms with van der Waals surface area (Å²) >= 11 is 1.64. The van der Waals surface area contributed by atoms with E-state index in [1.807, 2.05) is 43.5 Å². The van der Waals surface area contributed by atoms with Crippen LogP contribution in [0.15, 0.2) is 53.1 Å². The van der Waals surface area contributed by atoms with Gasteiger partial charge in [0, 0.05) is 12.3 Å². The minimum Gasteiger partial charge on any atom is -0.467 e. The molecule has 3 nitrogen and oxygen atoms in total. The standard InChI is InChI=1S/C16H21NO2S/c1-16(18,12-20-2)11-17-15(14-9-6-10-19-14)13-7-4-3-5-8-13/h3-10,15,17-18H,11-12H2,1-2H3. The van der Waals surface area contributed by atoms with E-state index in [1.165, 1.54) is 0 Å². The summed E-state index contributed by atoms with van der Waals surface area (Å²) in [4.78, 5) is 0. The lowest BCUT2D eigenvalue weighted by Gasteiger charge is -2.26. The maximum atomic E-state index is 10.3. The number of hydrogen-bond donors (Lipinski definition) is 2. The monoisotopic (exact) mass is 291 g/mol. The average molecular weight is 291 g/mol. The molecule has 0 fully saturated rings. The van der Waals surface area contributed by atoms with Crippen molar-refractivity contribution in [3.8, 4) is 0 Å². The molecule has 0 amide bonds. The van der Waals surface area contributed by atoms with Crippen molar-refractivity contribution < 1.29 is 9.52 Å². The zero-order valence-corrected chi connectivity index (χ0v) is 12.7. The van der Waals surface area contributed by atoms with Gasteiger partial charge < -0.3 is 14.8 Å². The van der Waals surface area contributed by atoms with Gasteiger partial charge in [0.15, 0.2) is 0 Å². The molecule has 0 aliphatic carbocycles. The van der Waals surface area contributed by atoms with Crippen molar-refractivity contribution in [2.75, 3.05) is 18.6 Å². The van der Waals surface area contributed by atoms with Gasteiger partial charge in [0.05, 0.1) is 17.9 Å². The highest BCUT2D eigenvalue weighted by atomic mass is 32.2. The van der Waals surface area contributed by atoms with E-state index in [4.69, 9.17) is 4.42 Å². The molecule has 0 saturated carbocycles. The van der Waals surface area contributed by atoms with Gasteiger partial charge in [-0.2, -0.15) is 11.8 Å². The zero-order chi connectivity index (χ0) is 14.4. The van der Waals surface area contributed by atoms with E-state index < -0.39 is 5.60 Å². The lowest BCUT2D eigenvalue weighted by Crippen LogP contribution is -2.41. The first kappa shape index (κ1) is 15.2. The SMILES string of the molecule is CSCC(C)(O)CNC(c1ccccc1)c1ccco1. The molecule has 108 valence electrons. The Labute approximate surface area is 124 Å². The minimum absolute atomic E-state index is 0.0421. The molecule has 2 unspecified atom stereocenters. The molecule has 1 heterocycles. The van der Waals surface area contributed by atoms with Gasteiger partial charge in [-0.3, -0.25) is 0 Å². The van der Waals surface area contributed by atoms with E-state index in [0.717, 1.165) is 11.3 Å². The number of rotatable bonds is 7. The van der Waals surface area contributed by atoms with Crippen LogP contribution in [0.2, 0.25) is 0 Å². The summed E-state index contributed by atoms with van der Waals surface area (Å²) in [6.07, 6.45) is 3.67. The highest BCUT2D eigenvalue weighted by molar-refractivity contribution is 7.98. The lowest BCUT2D eigenvalue weighted by atomic mass is 10.0. The summed E-state index contributed by atoms with van der Waals surface area (Å²) < 4.78 is 5.53. The number of thioether (sulfide) groups is 1. The predicted octanol–water partition coefficient (Wildman–Crippen LogP) is 3.07. The van der Waals surface area contributed by atoms with Crippen LogP contribution in [0.1, 0.15) is 24.3 Å². The van der Waals surface area contributed by atoms with Gasteiger partial charge in [-0.1, -0.05) is 30.3 Å². The maximum absolute atomic E-state index is 10.3. The minimum atomic E-state index is -0.737. The molecule has 1 aromatic carbocycles. The van der Waals surface area contributed by atoms with Crippen molar-refractivity contribution >= 4 is 11.8 Å². The zero-order valence-electron chi connectivity index (χ0n) is 11.9. The summed E-state index contributed by atoms with van der Waals surface area (Å²) in [5, 5.41) is 13.7. The molecule has 2 aromatic rings. The van der Waals surface area contributed by atoms with Crippen LogP contribution in [0.3, 0.4) is 0 Å². The summed E-state index contributed by atoms with van der Waals surface area (Å²) in [5.41, 5.74) is 0.390. The summed E-state index contributed by atoms with van der Waals surface area (Å²) in [6, 6.07) is 13.9. The fourth-order valence-electron chi connectivity index (χ4n) is 2.17. The second-order valence-corrected chi connectivity index (χ2v) is 6.04. The highest BCUT2D eigenvalue weighted by Gasteiger charge is 2.23. The Balaban J connectivity index is 2.13. The third-order valence-corrected chi connectivity index (χ3v) is 4.01. The Hall–Kier alpha value is -1.23. The molecule has 0 bridgehead atoms. The Morgan fingerprint density at radius 3 is 2.60 bits per heavy atom. The van der Waals surface area contributed by atoms with Crippen LogP contribution in [0.5, 0.6) is 0 Å². The van der Waals surface area contributed by atoms with Gasteiger partial charge in [0.25, 0.3) is 0 Å². The van der Waals surface area contributed by atoms with Crippen LogP contribution in [0, 0.1) is 0 Å². The topological polar surface area (TPSA) is 45.4 Å². The molecular weight excluding hydrogens is 270 g/mol. The van der Waals surface area contributed by atoms with Crippen molar-refractivity contribution in [3.05, 3.63) is 60.1 Å². The van der Waals surface area contributed by atoms with E-state index in [9.17, 15) is 5.11 Å². The van der Waals surface area contributed by atoms with Gasteiger partial charge in [0.1, 0.15) is 5.76 Å². The molecule has 1 aromatic heterocycles. The first-order valence-electron chi connectivity index (χ1n) is 6.65. The molecule has 20 heavy (non-hydrogen) atoms. The van der Waals surface area contributed by atoms with Gasteiger partial charge in [-0.15, -0.1) is 0 Å². The number of hydrogen-bond acceptors (Lipinski definition) is 4. The first-order valence-corrected chi connectivity index (χ1v) is 8.05. The number of nitrogens with one attached hydrogen (secondary N) is 1. The Morgan fingerprint density at radius 2 is 2.00 bits per heavy atom. The molecule has 4 heteroatoms. The molecule has 0 radical (unpaired) electrons. The van der Waals surface area contributed by atoms with Crippen LogP contribution < -0.4 is 5.32 Å². The molecule has 0 aliphatic rings. The van der Waals surface area contributed by atoms with E-state index in [1.54, 1.807) is 18.0 Å². The second kappa shape index (κ2) is 6.97. The first-order chi connectivity index (χ1) is 9.62. The van der Waals surface area contributed by atoms with Gasteiger partial charge in [-0.25, -0.2) is 0 Å². The molecule has 0 saturated heterocycles. The molecule has 2 rings (SSSR count). The van der Waals surface area contributed by atoms with E-state index >= 15 is 0 Å². The maximum Gasteiger partial charge on any atom is 0.125 e. The molecule has 2 atom stereocenters. The summed E-state index contributed by atoms with van der Waals surface area (Å²) in [7, 11) is 0. The summed E-state index contributed by atoms with van der Waals surface area (Å²) in [6.45, 7) is 2.36. The van der Waals surface area contributed by atoms with Crippen molar-refractivity contribution in [1.29, 1.82) is 0 Å². The van der Waals surface area contributed by atoms with E-state index in [0.29, 0.717) is 12.3 Å². The van der Waals surface area contributed by atoms with Gasteiger partial charge >= 0.3 is 0 Å². The van der Waals surface area contributed by atoms with Crippen molar-refractivity contribution in [2.24, 2.45) is 0 Å². The van der Waals surface area contributed by atoms with Crippen molar-refractivity contribution in [1.82, 2.24) is 5.32 Å². The number of benzene rings is 1. The molecular formula is C16H21NO2S. The number of aliphatic hydroxyl groups is 1. The van der Waals surface area contributed by atoms with E-state index in [-0.39, 0.29) is 6.04 Å². The van der Waals surface area contributed by atoms with E-state index in [2.05, 4.69) is 17.4 Å². The summed E-state index contributed by atoms with van der Waals surface area (Å²) in [5.74, 6) is 1.55. The Morgan fingerprint density at radius 1 is 1.25 bits per heavy atom. The van der Waals surface area contributed by atoms with Crippen LogP contribution in [-0.4, -0.2) is 29.3 Å². The van der Waals surface area contributed by atoms with Crippen molar-refractivity contribution in [2.45, 2.75) is 18.6 Å². The largest absolute Gasteiger partial charge is 0.467 e. The predicted molar refractivity (Wildman–Crippen MR) is 84.0 cm³/mol. The van der Waals surface area contributed by atoms with Crippen LogP contribution in [-0.2, 0) is 0 Å². The average Bonchev–Trinajstić information content (AvgIpc) is 2.94. The number of furan rings is 1. The third-order valence-electron chi connectivity index (χ3n) is 3.10. The van der Waals surface area contributed by atoms with Gasteiger partial charge in [-0.05, 0) is 30.9 Å².